The summed E-state index contributed by atoms with van der Waals surface area (Å²) in [5, 5.41) is 2.23. The number of hydrogen-bond acceptors (Lipinski definition) is 3. The fraction of sp³-hybridized carbons (Fsp3) is 0.286. The molecule has 0 unspecified atom stereocenters. The SMILES string of the molecule is C#CCSc1c(C)o[nH]c1=O. The number of terminal acetylenes is 1. The highest BCUT2D eigenvalue weighted by atomic mass is 32.2. The summed E-state index contributed by atoms with van der Waals surface area (Å²) in [6.45, 7) is 1.72. The van der Waals surface area contributed by atoms with Gasteiger partial charge < -0.3 is 4.52 Å². The lowest BCUT2D eigenvalue weighted by atomic mass is 10.5. The van der Waals surface area contributed by atoms with Gasteiger partial charge in [0, 0.05) is 0 Å². The Morgan fingerprint density at radius 2 is 2.55 bits per heavy atom. The van der Waals surface area contributed by atoms with Crippen LogP contribution in [0.2, 0.25) is 0 Å². The third-order valence-electron chi connectivity index (χ3n) is 1.12. The van der Waals surface area contributed by atoms with Gasteiger partial charge in [-0.05, 0) is 6.92 Å². The number of aromatic nitrogens is 1. The molecule has 11 heavy (non-hydrogen) atoms. The smallest absolute Gasteiger partial charge is 0.293 e. The van der Waals surface area contributed by atoms with E-state index in [1.807, 2.05) is 0 Å². The number of rotatable bonds is 2. The van der Waals surface area contributed by atoms with Crippen molar-refractivity contribution in [2.75, 3.05) is 5.75 Å². The van der Waals surface area contributed by atoms with Crippen molar-refractivity contribution in [2.45, 2.75) is 11.8 Å². The maximum atomic E-state index is 10.9. The van der Waals surface area contributed by atoms with Crippen LogP contribution in [0.25, 0.3) is 0 Å². The average molecular weight is 169 g/mol. The van der Waals surface area contributed by atoms with Crippen LogP contribution < -0.4 is 5.56 Å². The molecule has 0 atom stereocenters. The van der Waals surface area contributed by atoms with E-state index >= 15 is 0 Å². The van der Waals surface area contributed by atoms with Crippen molar-refractivity contribution in [3.05, 3.63) is 16.1 Å². The Morgan fingerprint density at radius 3 is 3.00 bits per heavy atom. The maximum Gasteiger partial charge on any atom is 0.293 e. The average Bonchev–Trinajstić information content (AvgIpc) is 2.29. The zero-order chi connectivity index (χ0) is 8.27. The zero-order valence-corrected chi connectivity index (χ0v) is 6.83. The molecule has 1 rings (SSSR count). The topological polar surface area (TPSA) is 46.0 Å². The van der Waals surface area contributed by atoms with Crippen LogP contribution in [-0.2, 0) is 0 Å². The summed E-state index contributed by atoms with van der Waals surface area (Å²) in [4.78, 5) is 11.5. The molecule has 1 heterocycles. The number of aromatic amines is 1. The first-order valence-corrected chi connectivity index (χ1v) is 3.98. The van der Waals surface area contributed by atoms with Gasteiger partial charge in [0.1, 0.15) is 10.7 Å². The molecular formula is C7H7NO2S. The Morgan fingerprint density at radius 1 is 1.82 bits per heavy atom. The summed E-state index contributed by atoms with van der Waals surface area (Å²) in [5.74, 6) is 3.51. The highest BCUT2D eigenvalue weighted by molar-refractivity contribution is 7.99. The highest BCUT2D eigenvalue weighted by Crippen LogP contribution is 2.16. The van der Waals surface area contributed by atoms with E-state index in [4.69, 9.17) is 10.9 Å². The van der Waals surface area contributed by atoms with Gasteiger partial charge in [0.25, 0.3) is 5.56 Å². The first-order chi connectivity index (χ1) is 5.25. The third-order valence-corrected chi connectivity index (χ3v) is 2.20. The van der Waals surface area contributed by atoms with Crippen molar-refractivity contribution < 1.29 is 4.52 Å². The van der Waals surface area contributed by atoms with Crippen molar-refractivity contribution in [3.63, 3.8) is 0 Å². The van der Waals surface area contributed by atoms with Crippen LogP contribution >= 0.6 is 11.8 Å². The molecule has 0 saturated carbocycles. The van der Waals surface area contributed by atoms with Crippen LogP contribution in [0.4, 0.5) is 0 Å². The third kappa shape index (κ3) is 1.69. The zero-order valence-electron chi connectivity index (χ0n) is 6.01. The molecule has 1 aromatic heterocycles. The van der Waals surface area contributed by atoms with Gasteiger partial charge in [0.15, 0.2) is 0 Å². The van der Waals surface area contributed by atoms with Crippen molar-refractivity contribution in [2.24, 2.45) is 0 Å². The predicted molar refractivity (Wildman–Crippen MR) is 43.6 cm³/mol. The quantitative estimate of drug-likeness (QED) is 0.530. The van der Waals surface area contributed by atoms with E-state index in [0.29, 0.717) is 16.4 Å². The molecule has 0 saturated heterocycles. The second-order valence-corrected chi connectivity index (χ2v) is 2.90. The van der Waals surface area contributed by atoms with Crippen LogP contribution in [0.5, 0.6) is 0 Å². The Bertz CT molecular complexity index is 331. The van der Waals surface area contributed by atoms with Gasteiger partial charge in [0.05, 0.1) is 5.75 Å². The van der Waals surface area contributed by atoms with Gasteiger partial charge >= 0.3 is 0 Å². The molecule has 1 N–H and O–H groups in total. The second-order valence-electron chi connectivity index (χ2n) is 1.91. The molecule has 0 radical (unpaired) electrons. The first kappa shape index (κ1) is 8.02. The van der Waals surface area contributed by atoms with Gasteiger partial charge in [-0.3, -0.25) is 4.79 Å². The van der Waals surface area contributed by atoms with Gasteiger partial charge in [-0.25, -0.2) is 0 Å². The minimum Gasteiger partial charge on any atom is -0.383 e. The van der Waals surface area contributed by atoms with Crippen molar-refractivity contribution in [1.82, 2.24) is 5.16 Å². The van der Waals surface area contributed by atoms with Crippen LogP contribution in [0.3, 0.4) is 0 Å². The Hall–Kier alpha value is -1.08. The maximum absolute atomic E-state index is 10.9. The summed E-state index contributed by atoms with van der Waals surface area (Å²) in [6.07, 6.45) is 5.03. The molecule has 0 fully saturated rings. The largest absolute Gasteiger partial charge is 0.383 e. The molecule has 58 valence electrons. The standard InChI is InChI=1S/C7H7NO2S/c1-3-4-11-6-5(2)10-8-7(6)9/h1H,4H2,2H3,(H,8,9). The summed E-state index contributed by atoms with van der Waals surface area (Å²) in [5.41, 5.74) is -0.206. The van der Waals surface area contributed by atoms with E-state index in [1.165, 1.54) is 11.8 Å². The Balaban J connectivity index is 2.86. The van der Waals surface area contributed by atoms with E-state index in [9.17, 15) is 4.79 Å². The van der Waals surface area contributed by atoms with Gasteiger partial charge in [-0.15, -0.1) is 18.2 Å². The number of hydrogen-bond donors (Lipinski definition) is 1. The molecule has 4 heteroatoms. The number of aryl methyl sites for hydroxylation is 1. The summed E-state index contributed by atoms with van der Waals surface area (Å²) in [7, 11) is 0. The predicted octanol–water partition coefficient (Wildman–Crippen LogP) is 1.00. The Kier molecular flexibility index (Phi) is 2.44. The molecular weight excluding hydrogens is 162 g/mol. The molecule has 0 spiro atoms. The molecule has 0 aliphatic rings. The van der Waals surface area contributed by atoms with Crippen LogP contribution in [0, 0.1) is 19.3 Å². The van der Waals surface area contributed by atoms with E-state index in [-0.39, 0.29) is 5.56 Å². The Labute approximate surface area is 68.1 Å². The summed E-state index contributed by atoms with van der Waals surface area (Å²) >= 11 is 1.31. The summed E-state index contributed by atoms with van der Waals surface area (Å²) in [6, 6.07) is 0. The van der Waals surface area contributed by atoms with E-state index in [2.05, 4.69) is 11.1 Å². The monoisotopic (exact) mass is 169 g/mol. The fourth-order valence-corrected chi connectivity index (χ4v) is 1.30. The molecule has 0 aromatic carbocycles. The molecule has 0 aliphatic heterocycles. The van der Waals surface area contributed by atoms with E-state index in [1.54, 1.807) is 6.92 Å². The van der Waals surface area contributed by atoms with Crippen molar-refractivity contribution >= 4 is 11.8 Å². The molecule has 0 amide bonds. The van der Waals surface area contributed by atoms with E-state index in [0.717, 1.165) is 0 Å². The number of H-pyrrole nitrogens is 1. The van der Waals surface area contributed by atoms with Crippen LogP contribution in [-0.4, -0.2) is 10.9 Å². The molecule has 0 bridgehead atoms. The number of thioether (sulfide) groups is 1. The second kappa shape index (κ2) is 3.35. The molecule has 0 aliphatic carbocycles. The minimum atomic E-state index is -0.206. The van der Waals surface area contributed by atoms with Crippen LogP contribution in [0.1, 0.15) is 5.76 Å². The van der Waals surface area contributed by atoms with E-state index < -0.39 is 0 Å². The van der Waals surface area contributed by atoms with Crippen LogP contribution in [0.15, 0.2) is 14.2 Å². The summed E-state index contributed by atoms with van der Waals surface area (Å²) < 4.78 is 4.77. The van der Waals surface area contributed by atoms with Gasteiger partial charge in [0.2, 0.25) is 0 Å². The molecule has 3 nitrogen and oxygen atoms in total. The van der Waals surface area contributed by atoms with Crippen molar-refractivity contribution in [1.29, 1.82) is 0 Å². The number of nitrogens with one attached hydrogen (secondary N) is 1. The van der Waals surface area contributed by atoms with Gasteiger partial charge in [-0.1, -0.05) is 5.92 Å². The lowest BCUT2D eigenvalue weighted by molar-refractivity contribution is 0.390. The lowest BCUT2D eigenvalue weighted by Crippen LogP contribution is -2.00. The first-order valence-electron chi connectivity index (χ1n) is 3.00. The molecule has 1 aromatic rings. The highest BCUT2D eigenvalue weighted by Gasteiger charge is 2.06. The van der Waals surface area contributed by atoms with Gasteiger partial charge in [-0.2, -0.15) is 5.16 Å². The van der Waals surface area contributed by atoms with Crippen molar-refractivity contribution in [3.8, 4) is 12.3 Å². The lowest BCUT2D eigenvalue weighted by Gasteiger charge is -1.87. The normalized spacial score (nSPS) is 9.45. The fourth-order valence-electron chi connectivity index (χ4n) is 0.656. The minimum absolute atomic E-state index is 0.206.